The first-order valence-corrected chi connectivity index (χ1v) is 7.84. The summed E-state index contributed by atoms with van der Waals surface area (Å²) in [5.74, 6) is 0.695. The minimum Gasteiger partial charge on any atom is -0.406 e. The first-order valence-electron chi connectivity index (χ1n) is 6.86. The van der Waals surface area contributed by atoms with Crippen molar-refractivity contribution in [2.24, 2.45) is 0 Å². The maximum atomic E-state index is 11.8. The second-order valence-corrected chi connectivity index (χ2v) is 5.79. The highest BCUT2D eigenvalue weighted by Gasteiger charge is 2.22. The molecule has 3 rings (SSSR count). The Bertz CT molecular complexity index is 596. The smallest absolute Gasteiger partial charge is 0.322 e. The van der Waals surface area contributed by atoms with Crippen molar-refractivity contribution in [1.82, 2.24) is 15.5 Å². The van der Waals surface area contributed by atoms with Crippen molar-refractivity contribution in [2.45, 2.75) is 23.8 Å². The number of rotatable bonds is 5. The van der Waals surface area contributed by atoms with Gasteiger partial charge in [-0.3, -0.25) is 10.1 Å². The van der Waals surface area contributed by atoms with Crippen LogP contribution in [0, 0.1) is 0 Å². The summed E-state index contributed by atoms with van der Waals surface area (Å²) in [7, 11) is 0. The topological polar surface area (TPSA) is 80.0 Å². The highest BCUT2D eigenvalue weighted by molar-refractivity contribution is 8.00. The number of benzene rings is 1. The zero-order valence-electron chi connectivity index (χ0n) is 11.4. The van der Waals surface area contributed by atoms with Crippen LogP contribution in [0.3, 0.4) is 0 Å². The third kappa shape index (κ3) is 3.83. The number of amides is 1. The van der Waals surface area contributed by atoms with E-state index in [1.54, 1.807) is 0 Å². The van der Waals surface area contributed by atoms with Gasteiger partial charge < -0.3 is 9.73 Å². The van der Waals surface area contributed by atoms with Crippen molar-refractivity contribution in [3.63, 3.8) is 0 Å². The molecule has 2 heterocycles. The molecule has 1 unspecified atom stereocenters. The van der Waals surface area contributed by atoms with Crippen molar-refractivity contribution in [3.05, 3.63) is 36.2 Å². The van der Waals surface area contributed by atoms with Crippen molar-refractivity contribution in [3.8, 4) is 0 Å². The van der Waals surface area contributed by atoms with Gasteiger partial charge in [-0.1, -0.05) is 23.3 Å². The highest BCUT2D eigenvalue weighted by Crippen LogP contribution is 2.23. The van der Waals surface area contributed by atoms with Crippen LogP contribution in [0.5, 0.6) is 0 Å². The Kier molecular flexibility index (Phi) is 4.52. The summed E-state index contributed by atoms with van der Waals surface area (Å²) >= 11 is 1.47. The fourth-order valence-corrected chi connectivity index (χ4v) is 2.86. The molecule has 1 aromatic carbocycles. The number of hydrogen-bond donors (Lipinski definition) is 2. The molecule has 1 aromatic heterocycles. The largest absolute Gasteiger partial charge is 0.406 e. The van der Waals surface area contributed by atoms with Crippen molar-refractivity contribution in [2.75, 3.05) is 17.6 Å². The molecule has 1 aliphatic heterocycles. The van der Waals surface area contributed by atoms with E-state index < -0.39 is 0 Å². The van der Waals surface area contributed by atoms with Gasteiger partial charge in [0.25, 0.3) is 0 Å². The molecule has 0 radical (unpaired) electrons. The number of nitrogens with one attached hydrogen (secondary N) is 2. The van der Waals surface area contributed by atoms with E-state index in [0.717, 1.165) is 24.3 Å². The van der Waals surface area contributed by atoms with Gasteiger partial charge in [0.2, 0.25) is 11.8 Å². The van der Waals surface area contributed by atoms with Crippen LogP contribution >= 0.6 is 11.8 Å². The molecule has 0 bridgehead atoms. The first-order chi connectivity index (χ1) is 10.3. The minimum atomic E-state index is -0.154. The summed E-state index contributed by atoms with van der Waals surface area (Å²) in [6.45, 7) is 0.961. The number of carbonyl (C=O) groups is 1. The van der Waals surface area contributed by atoms with Gasteiger partial charge in [-0.2, -0.15) is 0 Å². The molecule has 7 heteroatoms. The van der Waals surface area contributed by atoms with E-state index in [-0.39, 0.29) is 18.0 Å². The van der Waals surface area contributed by atoms with Gasteiger partial charge >= 0.3 is 6.01 Å². The lowest BCUT2D eigenvalue weighted by Gasteiger charge is -2.03. The molecule has 0 saturated carbocycles. The second-order valence-electron chi connectivity index (χ2n) is 4.74. The lowest BCUT2D eigenvalue weighted by molar-refractivity contribution is -0.113. The number of thioether (sulfide) groups is 1. The van der Waals surface area contributed by atoms with Gasteiger partial charge in [0.15, 0.2) is 0 Å². The summed E-state index contributed by atoms with van der Waals surface area (Å²) in [5.41, 5.74) is 0. The predicted octanol–water partition coefficient (Wildman–Crippen LogP) is 2.22. The Morgan fingerprint density at radius 3 is 3.00 bits per heavy atom. The second kappa shape index (κ2) is 6.73. The molecule has 1 amide bonds. The van der Waals surface area contributed by atoms with Gasteiger partial charge in [-0.15, -0.1) is 16.9 Å². The molecule has 21 heavy (non-hydrogen) atoms. The zero-order chi connectivity index (χ0) is 14.5. The van der Waals surface area contributed by atoms with Crippen LogP contribution < -0.4 is 10.6 Å². The maximum absolute atomic E-state index is 11.8. The monoisotopic (exact) mass is 304 g/mol. The Balaban J connectivity index is 1.50. The van der Waals surface area contributed by atoms with E-state index in [9.17, 15) is 4.79 Å². The number of aromatic nitrogens is 2. The molecule has 1 atom stereocenters. The third-order valence-electron chi connectivity index (χ3n) is 3.16. The summed E-state index contributed by atoms with van der Waals surface area (Å²) in [4.78, 5) is 12.9. The Morgan fingerprint density at radius 2 is 2.24 bits per heavy atom. The zero-order valence-corrected chi connectivity index (χ0v) is 12.2. The van der Waals surface area contributed by atoms with E-state index in [2.05, 4.69) is 20.8 Å². The van der Waals surface area contributed by atoms with Crippen molar-refractivity contribution in [1.29, 1.82) is 0 Å². The molecule has 1 saturated heterocycles. The molecule has 0 aliphatic carbocycles. The lowest BCUT2D eigenvalue weighted by atomic mass is 10.2. The molecule has 6 nitrogen and oxygen atoms in total. The normalized spacial score (nSPS) is 17.8. The van der Waals surface area contributed by atoms with Crippen LogP contribution in [0.1, 0.15) is 24.8 Å². The van der Waals surface area contributed by atoms with Crippen LogP contribution in [0.15, 0.2) is 39.6 Å². The van der Waals surface area contributed by atoms with Crippen LogP contribution in [-0.2, 0) is 4.79 Å². The van der Waals surface area contributed by atoms with E-state index in [4.69, 9.17) is 4.42 Å². The van der Waals surface area contributed by atoms with Gasteiger partial charge in [-0.25, -0.2) is 0 Å². The van der Waals surface area contributed by atoms with Crippen molar-refractivity contribution >= 4 is 23.7 Å². The summed E-state index contributed by atoms with van der Waals surface area (Å²) < 4.78 is 5.46. The molecular formula is C14H16N4O2S. The summed E-state index contributed by atoms with van der Waals surface area (Å²) in [6, 6.07) is 10.0. The number of anilines is 1. The SMILES string of the molecule is O=C(CSc1ccccc1)Nc1nnc(C2CCCN2)o1. The van der Waals surface area contributed by atoms with E-state index in [1.165, 1.54) is 11.8 Å². The molecule has 1 aliphatic rings. The Labute approximate surface area is 126 Å². The fourth-order valence-electron chi connectivity index (χ4n) is 2.14. The molecule has 2 aromatic rings. The Hall–Kier alpha value is -1.86. The maximum Gasteiger partial charge on any atom is 0.322 e. The lowest BCUT2D eigenvalue weighted by Crippen LogP contribution is -2.14. The quantitative estimate of drug-likeness (QED) is 0.825. The first kappa shape index (κ1) is 14.1. The van der Waals surface area contributed by atoms with Crippen molar-refractivity contribution < 1.29 is 9.21 Å². The van der Waals surface area contributed by atoms with E-state index >= 15 is 0 Å². The molecular weight excluding hydrogens is 288 g/mol. The van der Waals surface area contributed by atoms with Gasteiger partial charge in [-0.05, 0) is 31.5 Å². The number of hydrogen-bond acceptors (Lipinski definition) is 6. The van der Waals surface area contributed by atoms with Gasteiger partial charge in [0, 0.05) is 4.90 Å². The molecule has 2 N–H and O–H groups in total. The minimum absolute atomic E-state index is 0.113. The fraction of sp³-hybridized carbons (Fsp3) is 0.357. The van der Waals surface area contributed by atoms with Gasteiger partial charge in [0.05, 0.1) is 11.8 Å². The highest BCUT2D eigenvalue weighted by atomic mass is 32.2. The molecule has 110 valence electrons. The average Bonchev–Trinajstić information content (AvgIpc) is 3.17. The average molecular weight is 304 g/mol. The molecule has 0 spiro atoms. The third-order valence-corrected chi connectivity index (χ3v) is 4.17. The Morgan fingerprint density at radius 1 is 1.38 bits per heavy atom. The number of carbonyl (C=O) groups excluding carboxylic acids is 1. The van der Waals surface area contributed by atoms with Crippen LogP contribution in [0.25, 0.3) is 0 Å². The van der Waals surface area contributed by atoms with Crippen LogP contribution in [-0.4, -0.2) is 28.4 Å². The standard InChI is InChI=1S/C14H16N4O2S/c19-12(9-21-10-5-2-1-3-6-10)16-14-18-17-13(20-14)11-7-4-8-15-11/h1-3,5-6,11,15H,4,7-9H2,(H,16,18,19). The van der Waals surface area contributed by atoms with Crippen LogP contribution in [0.2, 0.25) is 0 Å². The molecule has 1 fully saturated rings. The van der Waals surface area contributed by atoms with E-state index in [1.807, 2.05) is 30.3 Å². The van der Waals surface area contributed by atoms with Gasteiger partial charge in [0.1, 0.15) is 0 Å². The summed E-state index contributed by atoms with van der Waals surface area (Å²) in [6.07, 6.45) is 2.09. The van der Waals surface area contributed by atoms with Crippen LogP contribution in [0.4, 0.5) is 6.01 Å². The van der Waals surface area contributed by atoms with E-state index in [0.29, 0.717) is 11.6 Å². The summed E-state index contributed by atoms with van der Waals surface area (Å²) in [5, 5.41) is 13.7. The predicted molar refractivity (Wildman–Crippen MR) is 80.1 cm³/mol. The number of nitrogens with zero attached hydrogens (tertiary/aromatic N) is 2.